The highest BCUT2D eigenvalue weighted by molar-refractivity contribution is 9.10. The average molecular weight is 358 g/mol. The molecule has 1 atom stereocenters. The van der Waals surface area contributed by atoms with Crippen LogP contribution in [0.25, 0.3) is 0 Å². The fourth-order valence-corrected chi connectivity index (χ4v) is 2.86. The monoisotopic (exact) mass is 356 g/mol. The van der Waals surface area contributed by atoms with Crippen LogP contribution in [0.2, 0.25) is 0 Å². The summed E-state index contributed by atoms with van der Waals surface area (Å²) >= 11 is 9.55. The fraction of sp³-hybridized carbons (Fsp3) is 0.250. The van der Waals surface area contributed by atoms with E-state index in [0.29, 0.717) is 5.88 Å². The van der Waals surface area contributed by atoms with Gasteiger partial charge < -0.3 is 4.74 Å². The summed E-state index contributed by atoms with van der Waals surface area (Å²) < 4.78 is 19.4. The van der Waals surface area contributed by atoms with E-state index >= 15 is 0 Å². The van der Waals surface area contributed by atoms with Crippen LogP contribution in [0, 0.1) is 5.82 Å². The van der Waals surface area contributed by atoms with Gasteiger partial charge in [0.05, 0.1) is 7.11 Å². The molecule has 1 unspecified atom stereocenters. The first-order valence-corrected chi connectivity index (χ1v) is 7.60. The minimum absolute atomic E-state index is 0.125. The van der Waals surface area contributed by atoms with Gasteiger partial charge in [0.1, 0.15) is 11.6 Å². The summed E-state index contributed by atoms with van der Waals surface area (Å²) in [5.74, 6) is 1.20. The molecule has 0 fully saturated rings. The van der Waals surface area contributed by atoms with Crippen molar-refractivity contribution in [3.63, 3.8) is 0 Å². The molecule has 0 bridgehead atoms. The highest BCUT2D eigenvalue weighted by Crippen LogP contribution is 2.29. The van der Waals surface area contributed by atoms with Crippen molar-refractivity contribution in [3.05, 3.63) is 63.9 Å². The summed E-state index contributed by atoms with van der Waals surface area (Å²) in [6, 6.07) is 12.4. The van der Waals surface area contributed by atoms with Crippen molar-refractivity contribution in [2.45, 2.75) is 12.3 Å². The lowest BCUT2D eigenvalue weighted by atomic mass is 9.93. The van der Waals surface area contributed by atoms with Gasteiger partial charge in [-0.25, -0.2) is 4.39 Å². The second-order valence-electron chi connectivity index (χ2n) is 4.56. The van der Waals surface area contributed by atoms with E-state index in [1.54, 1.807) is 19.2 Å². The summed E-state index contributed by atoms with van der Waals surface area (Å²) in [6.07, 6.45) is 0.748. The molecule has 0 aromatic heterocycles. The Kier molecular flexibility index (Phi) is 5.44. The van der Waals surface area contributed by atoms with Crippen molar-refractivity contribution in [1.82, 2.24) is 0 Å². The van der Waals surface area contributed by atoms with Gasteiger partial charge in [-0.15, -0.1) is 11.6 Å². The van der Waals surface area contributed by atoms with Gasteiger partial charge >= 0.3 is 0 Å². The third-order valence-electron chi connectivity index (χ3n) is 3.24. The Hall–Kier alpha value is -1.06. The Morgan fingerprint density at radius 3 is 2.50 bits per heavy atom. The van der Waals surface area contributed by atoms with Crippen LogP contribution in [0.5, 0.6) is 5.75 Å². The first kappa shape index (κ1) is 15.3. The fourth-order valence-electron chi connectivity index (χ4n) is 2.17. The van der Waals surface area contributed by atoms with Crippen molar-refractivity contribution in [2.75, 3.05) is 13.0 Å². The van der Waals surface area contributed by atoms with Crippen LogP contribution in [-0.4, -0.2) is 13.0 Å². The maximum atomic E-state index is 13.0. The molecule has 0 amide bonds. The summed E-state index contributed by atoms with van der Waals surface area (Å²) in [4.78, 5) is 0. The Labute approximate surface area is 131 Å². The summed E-state index contributed by atoms with van der Waals surface area (Å²) in [5, 5.41) is 0. The Morgan fingerprint density at radius 2 is 1.90 bits per heavy atom. The molecular weight excluding hydrogens is 343 g/mol. The lowest BCUT2D eigenvalue weighted by molar-refractivity contribution is 0.408. The van der Waals surface area contributed by atoms with E-state index < -0.39 is 0 Å². The van der Waals surface area contributed by atoms with Gasteiger partial charge in [-0.3, -0.25) is 0 Å². The molecule has 20 heavy (non-hydrogen) atoms. The molecule has 106 valence electrons. The van der Waals surface area contributed by atoms with Gasteiger partial charge in [0.2, 0.25) is 0 Å². The average Bonchev–Trinajstić information content (AvgIpc) is 2.46. The minimum atomic E-state index is -0.234. The Balaban J connectivity index is 2.26. The lowest BCUT2D eigenvalue weighted by Crippen LogP contribution is -2.06. The lowest BCUT2D eigenvalue weighted by Gasteiger charge is -2.17. The predicted molar refractivity (Wildman–Crippen MR) is 84.3 cm³/mol. The third-order valence-corrected chi connectivity index (χ3v) is 4.10. The minimum Gasteiger partial charge on any atom is -0.496 e. The van der Waals surface area contributed by atoms with E-state index in [9.17, 15) is 4.39 Å². The highest BCUT2D eigenvalue weighted by atomic mass is 79.9. The first-order valence-electron chi connectivity index (χ1n) is 6.28. The first-order chi connectivity index (χ1) is 9.63. The van der Waals surface area contributed by atoms with E-state index in [1.807, 2.05) is 18.2 Å². The Morgan fingerprint density at radius 1 is 1.20 bits per heavy atom. The zero-order valence-corrected chi connectivity index (χ0v) is 13.4. The second-order valence-corrected chi connectivity index (χ2v) is 5.79. The maximum absolute atomic E-state index is 13.0. The van der Waals surface area contributed by atoms with Crippen molar-refractivity contribution in [1.29, 1.82) is 0 Å². The van der Waals surface area contributed by atoms with Crippen molar-refractivity contribution in [3.8, 4) is 5.75 Å². The number of ether oxygens (including phenoxy) is 1. The number of hydrogen-bond donors (Lipinski definition) is 0. The van der Waals surface area contributed by atoms with E-state index in [4.69, 9.17) is 16.3 Å². The Bertz CT molecular complexity index is 571. The third kappa shape index (κ3) is 3.74. The van der Waals surface area contributed by atoms with Crippen LogP contribution in [-0.2, 0) is 6.42 Å². The van der Waals surface area contributed by atoms with Crippen LogP contribution in [0.1, 0.15) is 17.0 Å². The number of alkyl halides is 1. The SMILES string of the molecule is COc1ccc(Br)cc1CC(CCl)c1ccc(F)cc1. The van der Waals surface area contributed by atoms with Crippen LogP contribution in [0.3, 0.4) is 0 Å². The summed E-state index contributed by atoms with van der Waals surface area (Å²) in [6.45, 7) is 0. The topological polar surface area (TPSA) is 9.23 Å². The molecule has 0 aliphatic carbocycles. The van der Waals surface area contributed by atoms with Crippen molar-refractivity contribution in [2.24, 2.45) is 0 Å². The van der Waals surface area contributed by atoms with Crippen LogP contribution in [0.4, 0.5) is 4.39 Å². The van der Waals surface area contributed by atoms with E-state index in [2.05, 4.69) is 15.9 Å². The van der Waals surface area contributed by atoms with Gasteiger partial charge in [0.15, 0.2) is 0 Å². The van der Waals surface area contributed by atoms with E-state index in [0.717, 1.165) is 27.8 Å². The summed E-state index contributed by atoms with van der Waals surface area (Å²) in [7, 11) is 1.65. The quantitative estimate of drug-likeness (QED) is 0.671. The second kappa shape index (κ2) is 7.09. The molecule has 0 aliphatic rings. The molecule has 0 saturated carbocycles. The molecule has 0 radical (unpaired) electrons. The van der Waals surface area contributed by atoms with E-state index in [1.165, 1.54) is 12.1 Å². The summed E-state index contributed by atoms with van der Waals surface area (Å²) in [5.41, 5.74) is 2.11. The number of hydrogen-bond acceptors (Lipinski definition) is 1. The van der Waals surface area contributed by atoms with Gasteiger partial charge in [-0.1, -0.05) is 28.1 Å². The normalized spacial score (nSPS) is 12.2. The van der Waals surface area contributed by atoms with Gasteiger partial charge in [-0.05, 0) is 47.9 Å². The molecule has 4 heteroatoms. The molecule has 0 N–H and O–H groups in total. The standard InChI is InChI=1S/C16H15BrClFO/c1-20-16-7-4-14(17)9-12(16)8-13(10-18)11-2-5-15(19)6-3-11/h2-7,9,13H,8,10H2,1H3. The maximum Gasteiger partial charge on any atom is 0.123 e. The molecule has 2 rings (SSSR count). The molecule has 2 aromatic carbocycles. The highest BCUT2D eigenvalue weighted by Gasteiger charge is 2.14. The van der Waals surface area contributed by atoms with Crippen molar-refractivity contribution >= 4 is 27.5 Å². The molecule has 0 aliphatic heterocycles. The van der Waals surface area contributed by atoms with Gasteiger partial charge in [0.25, 0.3) is 0 Å². The molecule has 0 spiro atoms. The van der Waals surface area contributed by atoms with Crippen molar-refractivity contribution < 1.29 is 9.13 Å². The van der Waals surface area contributed by atoms with Gasteiger partial charge in [0, 0.05) is 16.3 Å². The molecule has 0 saturated heterocycles. The van der Waals surface area contributed by atoms with Crippen LogP contribution >= 0.6 is 27.5 Å². The molecular formula is C16H15BrClFO. The van der Waals surface area contributed by atoms with Crippen LogP contribution < -0.4 is 4.74 Å². The zero-order chi connectivity index (χ0) is 14.5. The molecule has 1 nitrogen and oxygen atoms in total. The largest absolute Gasteiger partial charge is 0.496 e. The van der Waals surface area contributed by atoms with E-state index in [-0.39, 0.29) is 11.7 Å². The van der Waals surface area contributed by atoms with Gasteiger partial charge in [-0.2, -0.15) is 0 Å². The molecule has 0 heterocycles. The predicted octanol–water partition coefficient (Wildman–Crippen LogP) is 5.16. The van der Waals surface area contributed by atoms with Crippen LogP contribution in [0.15, 0.2) is 46.9 Å². The number of halogens is 3. The number of benzene rings is 2. The smallest absolute Gasteiger partial charge is 0.123 e. The number of methoxy groups -OCH3 is 1. The number of rotatable bonds is 5. The zero-order valence-electron chi connectivity index (χ0n) is 11.1. The molecule has 2 aromatic rings.